The minimum absolute atomic E-state index is 0.218. The summed E-state index contributed by atoms with van der Waals surface area (Å²) < 4.78 is 26.2. The van der Waals surface area contributed by atoms with Crippen molar-refractivity contribution in [3.63, 3.8) is 0 Å². The first-order valence-electron chi connectivity index (χ1n) is 16.8. The second-order valence-corrected chi connectivity index (χ2v) is 12.7. The third-order valence-electron chi connectivity index (χ3n) is 7.38. The van der Waals surface area contributed by atoms with Gasteiger partial charge in [0.15, 0.2) is 6.10 Å². The average molecular weight is 607 g/mol. The molecule has 0 bridgehead atoms. The third kappa shape index (κ3) is 31.8. The number of rotatable bonds is 31. The van der Waals surface area contributed by atoms with Gasteiger partial charge in [0.2, 0.25) is 0 Å². The Bertz CT molecular complexity index is 652. The average Bonchev–Trinajstić information content (AvgIpc) is 2.93. The van der Waals surface area contributed by atoms with Crippen LogP contribution < -0.4 is 0 Å². The Hall–Kier alpha value is -0.950. The number of carbonyl (C=O) groups excluding carboxylic acids is 2. The van der Waals surface area contributed by atoms with Crippen LogP contribution in [0.2, 0.25) is 0 Å². The molecule has 41 heavy (non-hydrogen) atoms. The summed E-state index contributed by atoms with van der Waals surface area (Å²) in [6, 6.07) is 0. The van der Waals surface area contributed by atoms with Gasteiger partial charge in [-0.25, -0.2) is 4.57 Å². The molecule has 0 spiro atoms. The normalized spacial score (nSPS) is 12.4. The fourth-order valence-corrected chi connectivity index (χ4v) is 5.20. The number of phosphoric acid groups is 1. The van der Waals surface area contributed by atoms with E-state index in [0.29, 0.717) is 6.42 Å². The van der Waals surface area contributed by atoms with Crippen molar-refractivity contribution >= 4 is 19.8 Å². The highest BCUT2D eigenvalue weighted by atomic mass is 31.2. The Balaban J connectivity index is 3.97. The molecule has 244 valence electrons. The van der Waals surface area contributed by atoms with Crippen molar-refractivity contribution < 1.29 is 37.9 Å². The fourth-order valence-electron chi connectivity index (χ4n) is 4.84. The molecule has 0 radical (unpaired) electrons. The first kappa shape index (κ1) is 40.1. The summed E-state index contributed by atoms with van der Waals surface area (Å²) in [6.45, 7) is 3.65. The van der Waals surface area contributed by atoms with Gasteiger partial charge in [0.05, 0.1) is 6.61 Å². The van der Waals surface area contributed by atoms with Gasteiger partial charge >= 0.3 is 19.8 Å². The zero-order chi connectivity index (χ0) is 30.4. The third-order valence-corrected chi connectivity index (χ3v) is 7.86. The predicted octanol–water partition coefficient (Wildman–Crippen LogP) is 9.34. The van der Waals surface area contributed by atoms with E-state index in [-0.39, 0.29) is 19.4 Å². The van der Waals surface area contributed by atoms with Gasteiger partial charge in [-0.1, -0.05) is 149 Å². The van der Waals surface area contributed by atoms with Crippen LogP contribution in [0.3, 0.4) is 0 Å². The Kier molecular flexibility index (Phi) is 28.5. The first-order chi connectivity index (χ1) is 19.8. The molecule has 0 saturated heterocycles. The lowest BCUT2D eigenvalue weighted by Crippen LogP contribution is -2.29. The topological polar surface area (TPSA) is 119 Å². The molecule has 0 rings (SSSR count). The molecule has 0 heterocycles. The summed E-state index contributed by atoms with van der Waals surface area (Å²) in [7, 11) is -4.73. The van der Waals surface area contributed by atoms with Crippen LogP contribution in [0.25, 0.3) is 0 Å². The lowest BCUT2D eigenvalue weighted by Gasteiger charge is -2.18. The van der Waals surface area contributed by atoms with Crippen LogP contribution in [0.1, 0.15) is 174 Å². The van der Waals surface area contributed by atoms with Gasteiger partial charge in [0.1, 0.15) is 6.61 Å². The van der Waals surface area contributed by atoms with Crippen LogP contribution in [0.5, 0.6) is 0 Å². The molecule has 0 aliphatic heterocycles. The Morgan fingerprint density at radius 3 is 1.24 bits per heavy atom. The van der Waals surface area contributed by atoms with Gasteiger partial charge < -0.3 is 19.3 Å². The van der Waals surface area contributed by atoms with E-state index in [4.69, 9.17) is 19.3 Å². The molecular weight excluding hydrogens is 543 g/mol. The van der Waals surface area contributed by atoms with E-state index in [1.165, 1.54) is 103 Å². The van der Waals surface area contributed by atoms with Crippen molar-refractivity contribution in [2.75, 3.05) is 13.2 Å². The predicted molar refractivity (Wildman–Crippen MR) is 166 cm³/mol. The van der Waals surface area contributed by atoms with Crippen molar-refractivity contribution in [1.29, 1.82) is 0 Å². The Labute approximate surface area is 251 Å². The lowest BCUT2D eigenvalue weighted by atomic mass is 10.0. The number of unbranched alkanes of at least 4 members (excludes halogenated alkanes) is 21. The quantitative estimate of drug-likeness (QED) is 0.0455. The Morgan fingerprint density at radius 2 is 0.878 bits per heavy atom. The maximum Gasteiger partial charge on any atom is 0.469 e. The molecular formula is C32H63O8P. The van der Waals surface area contributed by atoms with Gasteiger partial charge in [0, 0.05) is 12.8 Å². The lowest BCUT2D eigenvalue weighted by molar-refractivity contribution is -0.161. The highest BCUT2D eigenvalue weighted by Gasteiger charge is 2.22. The summed E-state index contributed by atoms with van der Waals surface area (Å²) in [5, 5.41) is 0. The van der Waals surface area contributed by atoms with Gasteiger partial charge in [-0.3, -0.25) is 14.1 Å². The molecule has 0 aliphatic rings. The van der Waals surface area contributed by atoms with E-state index in [0.717, 1.165) is 38.5 Å². The highest BCUT2D eigenvalue weighted by molar-refractivity contribution is 7.46. The standard InChI is InChI=1S/C32H63O8P/c1-3-5-7-9-11-13-15-16-17-19-20-22-24-26-31(33)38-28-30(29-39-41(35,36)37)40-32(34)27-25-23-21-18-14-12-10-8-6-4-2/h30H,3-29H2,1-2H3,(H2,35,36,37)/t30-/m0/s1. The van der Waals surface area contributed by atoms with Gasteiger partial charge in [-0.2, -0.15) is 0 Å². The monoisotopic (exact) mass is 606 g/mol. The molecule has 8 nitrogen and oxygen atoms in total. The van der Waals surface area contributed by atoms with Crippen LogP contribution in [0, 0.1) is 0 Å². The zero-order valence-electron chi connectivity index (χ0n) is 26.5. The number of hydrogen-bond acceptors (Lipinski definition) is 6. The summed E-state index contributed by atoms with van der Waals surface area (Å²) in [4.78, 5) is 42.4. The molecule has 0 unspecified atom stereocenters. The van der Waals surface area contributed by atoms with Gasteiger partial charge in [0.25, 0.3) is 0 Å². The van der Waals surface area contributed by atoms with Crippen LogP contribution in [0.15, 0.2) is 0 Å². The zero-order valence-corrected chi connectivity index (χ0v) is 27.4. The number of hydrogen-bond donors (Lipinski definition) is 2. The largest absolute Gasteiger partial charge is 0.469 e. The minimum atomic E-state index is -4.73. The van der Waals surface area contributed by atoms with Crippen molar-refractivity contribution in [3.05, 3.63) is 0 Å². The van der Waals surface area contributed by atoms with E-state index in [1.807, 2.05) is 0 Å². The molecule has 0 aromatic carbocycles. The summed E-state index contributed by atoms with van der Waals surface area (Å²) in [5.41, 5.74) is 0. The van der Waals surface area contributed by atoms with E-state index in [2.05, 4.69) is 18.4 Å². The minimum Gasteiger partial charge on any atom is -0.462 e. The van der Waals surface area contributed by atoms with Crippen LogP contribution in [-0.4, -0.2) is 41.0 Å². The molecule has 0 aromatic rings. The van der Waals surface area contributed by atoms with Crippen molar-refractivity contribution in [1.82, 2.24) is 0 Å². The summed E-state index contributed by atoms with van der Waals surface area (Å²) in [6.07, 6.45) is 26.8. The Morgan fingerprint density at radius 1 is 0.537 bits per heavy atom. The van der Waals surface area contributed by atoms with E-state index in [1.54, 1.807) is 0 Å². The fraction of sp³-hybridized carbons (Fsp3) is 0.938. The molecule has 2 N–H and O–H groups in total. The van der Waals surface area contributed by atoms with Crippen LogP contribution in [-0.2, 0) is 28.2 Å². The van der Waals surface area contributed by atoms with E-state index in [9.17, 15) is 14.2 Å². The maximum absolute atomic E-state index is 12.3. The van der Waals surface area contributed by atoms with Gasteiger partial charge in [-0.15, -0.1) is 0 Å². The molecule has 1 atom stereocenters. The molecule has 0 fully saturated rings. The second kappa shape index (κ2) is 29.1. The number of carbonyl (C=O) groups is 2. The molecule has 0 saturated carbocycles. The smallest absolute Gasteiger partial charge is 0.462 e. The summed E-state index contributed by atoms with van der Waals surface area (Å²) in [5.74, 6) is -0.878. The van der Waals surface area contributed by atoms with Crippen LogP contribution >= 0.6 is 7.82 Å². The first-order valence-corrected chi connectivity index (χ1v) is 18.4. The van der Waals surface area contributed by atoms with Gasteiger partial charge in [-0.05, 0) is 12.8 Å². The molecule has 0 aliphatic carbocycles. The summed E-state index contributed by atoms with van der Waals surface area (Å²) >= 11 is 0. The van der Waals surface area contributed by atoms with Crippen LogP contribution in [0.4, 0.5) is 0 Å². The van der Waals surface area contributed by atoms with E-state index >= 15 is 0 Å². The highest BCUT2D eigenvalue weighted by Crippen LogP contribution is 2.36. The second-order valence-electron chi connectivity index (χ2n) is 11.5. The van der Waals surface area contributed by atoms with Crippen molar-refractivity contribution in [3.8, 4) is 0 Å². The number of esters is 2. The molecule has 0 amide bonds. The SMILES string of the molecule is CCCCCCCCCCCCCCCC(=O)OC[C@@H](COP(=O)(O)O)OC(=O)CCCCCCCCCCCC. The van der Waals surface area contributed by atoms with Crippen molar-refractivity contribution in [2.45, 2.75) is 180 Å². The van der Waals surface area contributed by atoms with E-state index < -0.39 is 32.5 Å². The number of ether oxygens (including phenoxy) is 2. The van der Waals surface area contributed by atoms with Crippen molar-refractivity contribution in [2.24, 2.45) is 0 Å². The molecule has 0 aromatic heterocycles. The maximum atomic E-state index is 12.3. The molecule has 9 heteroatoms. The number of phosphoric ester groups is 1.